The third-order valence-electron chi connectivity index (χ3n) is 2.58. The Kier molecular flexibility index (Phi) is 4.54. The molecule has 0 aromatic heterocycles. The Bertz CT molecular complexity index is 738. The normalized spacial score (nSPS) is 9.52. The molecule has 2 N–H and O–H groups in total. The summed E-state index contributed by atoms with van der Waals surface area (Å²) >= 11 is 5.89. The van der Waals surface area contributed by atoms with Crippen molar-refractivity contribution in [2.45, 2.75) is 0 Å². The molecule has 0 fully saturated rings. The van der Waals surface area contributed by atoms with E-state index in [2.05, 4.69) is 10.6 Å². The lowest BCUT2D eigenvalue weighted by atomic mass is 10.2. The molecule has 2 aromatic rings. The number of rotatable bonds is 2. The lowest BCUT2D eigenvalue weighted by molar-refractivity contribution is -0.132. The van der Waals surface area contributed by atoms with Crippen LogP contribution in [0.5, 0.6) is 0 Å². The summed E-state index contributed by atoms with van der Waals surface area (Å²) in [5, 5.41) is 13.9. The van der Waals surface area contributed by atoms with Crippen molar-refractivity contribution in [1.29, 1.82) is 5.26 Å². The van der Waals surface area contributed by atoms with Crippen LogP contribution in [0.1, 0.15) is 5.56 Å². The molecule has 21 heavy (non-hydrogen) atoms. The number of carbonyl (C=O) groups excluding carboxylic acids is 2. The maximum atomic E-state index is 11.8. The van der Waals surface area contributed by atoms with Gasteiger partial charge in [-0.05, 0) is 30.3 Å². The Morgan fingerprint density at radius 3 is 2.43 bits per heavy atom. The van der Waals surface area contributed by atoms with Gasteiger partial charge in [-0.1, -0.05) is 29.8 Å². The van der Waals surface area contributed by atoms with Crippen LogP contribution in [0, 0.1) is 11.3 Å². The van der Waals surface area contributed by atoms with Crippen LogP contribution in [-0.4, -0.2) is 11.8 Å². The maximum Gasteiger partial charge on any atom is 0.314 e. The van der Waals surface area contributed by atoms with Crippen LogP contribution in [0.15, 0.2) is 48.5 Å². The number of nitriles is 1. The molecule has 0 aliphatic rings. The second-order valence-corrected chi connectivity index (χ2v) is 4.49. The third kappa shape index (κ3) is 3.81. The fraction of sp³-hybridized carbons (Fsp3) is 0. The molecule has 0 aliphatic heterocycles. The molecule has 0 saturated heterocycles. The predicted molar refractivity (Wildman–Crippen MR) is 79.9 cm³/mol. The molecule has 2 aromatic carbocycles. The second kappa shape index (κ2) is 6.55. The van der Waals surface area contributed by atoms with E-state index in [1.165, 1.54) is 6.07 Å². The molecule has 2 amide bonds. The highest BCUT2D eigenvalue weighted by Gasteiger charge is 2.15. The van der Waals surface area contributed by atoms with E-state index in [0.717, 1.165) is 0 Å². The quantitative estimate of drug-likeness (QED) is 0.837. The van der Waals surface area contributed by atoms with E-state index in [9.17, 15) is 9.59 Å². The van der Waals surface area contributed by atoms with Crippen LogP contribution < -0.4 is 10.6 Å². The summed E-state index contributed by atoms with van der Waals surface area (Å²) in [6, 6.07) is 14.8. The highest BCUT2D eigenvalue weighted by molar-refractivity contribution is 6.44. The zero-order valence-corrected chi connectivity index (χ0v) is 11.5. The zero-order chi connectivity index (χ0) is 15.2. The molecule has 0 spiro atoms. The van der Waals surface area contributed by atoms with E-state index in [1.54, 1.807) is 42.5 Å². The molecular formula is C15H10ClN3O2. The van der Waals surface area contributed by atoms with Gasteiger partial charge < -0.3 is 10.6 Å². The average molecular weight is 300 g/mol. The minimum Gasteiger partial charge on any atom is -0.318 e. The molecule has 0 unspecified atom stereocenters. The van der Waals surface area contributed by atoms with Gasteiger partial charge in [0.1, 0.15) is 0 Å². The van der Waals surface area contributed by atoms with Gasteiger partial charge in [0, 0.05) is 5.69 Å². The summed E-state index contributed by atoms with van der Waals surface area (Å²) in [5.41, 5.74) is 1.11. The summed E-state index contributed by atoms with van der Waals surface area (Å²) in [7, 11) is 0. The first-order chi connectivity index (χ1) is 10.1. The number of halogens is 1. The van der Waals surface area contributed by atoms with Gasteiger partial charge in [0.15, 0.2) is 0 Å². The summed E-state index contributed by atoms with van der Waals surface area (Å²) in [6.45, 7) is 0. The summed E-state index contributed by atoms with van der Waals surface area (Å²) in [4.78, 5) is 23.6. The van der Waals surface area contributed by atoms with Crippen molar-refractivity contribution in [2.75, 3.05) is 10.6 Å². The van der Waals surface area contributed by atoms with Crippen LogP contribution in [0.25, 0.3) is 0 Å². The van der Waals surface area contributed by atoms with Gasteiger partial charge in [-0.3, -0.25) is 9.59 Å². The van der Waals surface area contributed by atoms with E-state index in [1.807, 2.05) is 6.07 Å². The smallest absolute Gasteiger partial charge is 0.314 e. The fourth-order valence-corrected chi connectivity index (χ4v) is 1.78. The molecule has 0 bridgehead atoms. The third-order valence-corrected chi connectivity index (χ3v) is 2.91. The van der Waals surface area contributed by atoms with Gasteiger partial charge in [0.05, 0.1) is 22.3 Å². The van der Waals surface area contributed by atoms with Gasteiger partial charge in [-0.25, -0.2) is 0 Å². The van der Waals surface area contributed by atoms with Crippen LogP contribution >= 0.6 is 11.6 Å². The van der Waals surface area contributed by atoms with Crippen molar-refractivity contribution in [3.05, 3.63) is 59.1 Å². The number of amides is 2. The lowest BCUT2D eigenvalue weighted by Gasteiger charge is -2.07. The van der Waals surface area contributed by atoms with Crippen LogP contribution in [0.2, 0.25) is 5.02 Å². The summed E-state index contributed by atoms with van der Waals surface area (Å²) in [5.74, 6) is -1.68. The summed E-state index contributed by atoms with van der Waals surface area (Å²) < 4.78 is 0. The van der Waals surface area contributed by atoms with Gasteiger partial charge in [-0.15, -0.1) is 0 Å². The molecule has 104 valence electrons. The maximum absolute atomic E-state index is 11.8. The fourth-order valence-electron chi connectivity index (χ4n) is 1.60. The Balaban J connectivity index is 2.05. The van der Waals surface area contributed by atoms with E-state index in [4.69, 9.17) is 16.9 Å². The first kappa shape index (κ1) is 14.6. The Hall–Kier alpha value is -2.84. The standard InChI is InChI=1S/C15H10ClN3O2/c16-12-6-1-2-7-13(12)19-15(21)14(20)18-11-5-3-4-10(8-11)9-17/h1-8H,(H,18,20)(H,19,21). The number of hydrogen-bond donors (Lipinski definition) is 2. The number of nitrogens with zero attached hydrogens (tertiary/aromatic N) is 1. The van der Waals surface area contributed by atoms with Gasteiger partial charge in [0.25, 0.3) is 0 Å². The first-order valence-corrected chi connectivity index (χ1v) is 6.35. The number of para-hydroxylation sites is 1. The van der Waals surface area contributed by atoms with Crippen molar-refractivity contribution in [2.24, 2.45) is 0 Å². The van der Waals surface area contributed by atoms with E-state index in [-0.39, 0.29) is 0 Å². The molecule has 0 aliphatic carbocycles. The minimum absolute atomic E-state index is 0.338. The molecule has 6 heteroatoms. The summed E-state index contributed by atoms with van der Waals surface area (Å²) in [6.07, 6.45) is 0. The Labute approximate surface area is 126 Å². The van der Waals surface area contributed by atoms with Gasteiger partial charge >= 0.3 is 11.8 Å². The van der Waals surface area contributed by atoms with Crippen molar-refractivity contribution >= 4 is 34.8 Å². The number of nitrogens with one attached hydrogen (secondary N) is 2. The van der Waals surface area contributed by atoms with Crippen molar-refractivity contribution in [3.8, 4) is 6.07 Å². The topological polar surface area (TPSA) is 82.0 Å². The zero-order valence-electron chi connectivity index (χ0n) is 10.8. The molecule has 2 rings (SSSR count). The molecular weight excluding hydrogens is 290 g/mol. The van der Waals surface area contributed by atoms with Crippen LogP contribution in [0.3, 0.4) is 0 Å². The van der Waals surface area contributed by atoms with Crippen LogP contribution in [-0.2, 0) is 9.59 Å². The lowest BCUT2D eigenvalue weighted by Crippen LogP contribution is -2.29. The Morgan fingerprint density at radius 2 is 1.71 bits per heavy atom. The highest BCUT2D eigenvalue weighted by Crippen LogP contribution is 2.20. The van der Waals surface area contributed by atoms with Crippen molar-refractivity contribution in [3.63, 3.8) is 0 Å². The average Bonchev–Trinajstić information content (AvgIpc) is 2.49. The van der Waals surface area contributed by atoms with E-state index >= 15 is 0 Å². The van der Waals surface area contributed by atoms with Crippen LogP contribution in [0.4, 0.5) is 11.4 Å². The molecule has 0 heterocycles. The van der Waals surface area contributed by atoms with Gasteiger partial charge in [-0.2, -0.15) is 5.26 Å². The van der Waals surface area contributed by atoms with E-state index in [0.29, 0.717) is 22.0 Å². The number of anilines is 2. The Morgan fingerprint density at radius 1 is 1.00 bits per heavy atom. The molecule has 5 nitrogen and oxygen atoms in total. The second-order valence-electron chi connectivity index (χ2n) is 4.08. The minimum atomic E-state index is -0.843. The largest absolute Gasteiger partial charge is 0.318 e. The predicted octanol–water partition coefficient (Wildman–Crippen LogP) is 2.79. The number of benzene rings is 2. The molecule has 0 atom stereocenters. The molecule has 0 radical (unpaired) electrons. The molecule has 0 saturated carbocycles. The SMILES string of the molecule is N#Cc1cccc(NC(=O)C(=O)Nc2ccccc2Cl)c1. The van der Waals surface area contributed by atoms with Gasteiger partial charge in [0.2, 0.25) is 0 Å². The first-order valence-electron chi connectivity index (χ1n) is 5.97. The number of carbonyl (C=O) groups is 2. The highest BCUT2D eigenvalue weighted by atomic mass is 35.5. The van der Waals surface area contributed by atoms with E-state index < -0.39 is 11.8 Å². The monoisotopic (exact) mass is 299 g/mol. The van der Waals surface area contributed by atoms with Crippen molar-refractivity contribution in [1.82, 2.24) is 0 Å². The number of hydrogen-bond acceptors (Lipinski definition) is 3. The van der Waals surface area contributed by atoms with Crippen molar-refractivity contribution < 1.29 is 9.59 Å².